The Kier molecular flexibility index (Phi) is 9.35. The van der Waals surface area contributed by atoms with Crippen molar-refractivity contribution in [2.45, 2.75) is 12.6 Å². The number of esters is 1. The fraction of sp³-hybridized carbons (Fsp3) is 0.200. The third-order valence-electron chi connectivity index (χ3n) is 5.04. The summed E-state index contributed by atoms with van der Waals surface area (Å²) in [4.78, 5) is 33.9. The van der Waals surface area contributed by atoms with Crippen molar-refractivity contribution in [1.82, 2.24) is 5.32 Å². The number of methoxy groups -OCH3 is 1. The van der Waals surface area contributed by atoms with Crippen LogP contribution in [0.1, 0.15) is 31.8 Å². The van der Waals surface area contributed by atoms with Gasteiger partial charge in [-0.15, -0.1) is 0 Å². The zero-order valence-corrected chi connectivity index (χ0v) is 23.5. The molecule has 0 aliphatic carbocycles. The zero-order chi connectivity index (χ0) is 26.5. The number of phenolic OH excluding ortho intramolecular Hbond substituents is 1. The van der Waals surface area contributed by atoms with Crippen molar-refractivity contribution in [1.29, 1.82) is 0 Å². The second-order valence-corrected chi connectivity index (χ2v) is 12.2. The normalized spacial score (nSPS) is 12.5. The molecule has 36 heavy (non-hydrogen) atoms. The Hall–Kier alpha value is -2.65. The molecule has 11 heteroatoms. The van der Waals surface area contributed by atoms with Gasteiger partial charge in [-0.25, -0.2) is 4.79 Å². The quantitative estimate of drug-likeness (QED) is 0.198. The van der Waals surface area contributed by atoms with Crippen molar-refractivity contribution in [3.05, 3.63) is 85.8 Å². The van der Waals surface area contributed by atoms with E-state index >= 15 is 0 Å². The summed E-state index contributed by atoms with van der Waals surface area (Å²) >= 11 is 6.83. The zero-order valence-electron chi connectivity index (χ0n) is 19.5. The van der Waals surface area contributed by atoms with Crippen LogP contribution in [0, 0.1) is 0 Å². The number of carbonyl (C=O) groups is 2. The Morgan fingerprint density at radius 2 is 1.64 bits per heavy atom. The van der Waals surface area contributed by atoms with E-state index in [-0.39, 0.29) is 17.5 Å². The van der Waals surface area contributed by atoms with Crippen molar-refractivity contribution in [3.8, 4) is 17.2 Å². The second-order valence-electron chi connectivity index (χ2n) is 8.07. The van der Waals surface area contributed by atoms with E-state index in [9.17, 15) is 24.2 Å². The van der Waals surface area contributed by atoms with Crippen molar-refractivity contribution >= 4 is 51.1 Å². The largest absolute Gasteiger partial charge is 0.507 e. The van der Waals surface area contributed by atoms with Gasteiger partial charge in [-0.05, 0) is 91.9 Å². The van der Waals surface area contributed by atoms with Gasteiger partial charge >= 0.3 is 5.97 Å². The van der Waals surface area contributed by atoms with E-state index in [1.54, 1.807) is 36.4 Å². The van der Waals surface area contributed by atoms with Gasteiger partial charge in [0.15, 0.2) is 5.75 Å². The van der Waals surface area contributed by atoms with Crippen LogP contribution >= 0.6 is 39.2 Å². The lowest BCUT2D eigenvalue weighted by Gasteiger charge is -2.14. The first-order chi connectivity index (χ1) is 17.0. The predicted molar refractivity (Wildman–Crippen MR) is 143 cm³/mol. The second kappa shape index (κ2) is 12.1. The third kappa shape index (κ3) is 7.67. The highest BCUT2D eigenvalue weighted by molar-refractivity contribution is 9.11. The van der Waals surface area contributed by atoms with E-state index in [2.05, 4.69) is 41.9 Å². The summed E-state index contributed by atoms with van der Waals surface area (Å²) in [6.07, 6.45) is 0.540. The maximum absolute atomic E-state index is 12.7. The van der Waals surface area contributed by atoms with Gasteiger partial charge in [-0.1, -0.05) is 12.1 Å². The summed E-state index contributed by atoms with van der Waals surface area (Å²) in [5.41, 5.74) is 2.06. The fourth-order valence-corrected chi connectivity index (χ4v) is 5.66. The highest BCUT2D eigenvalue weighted by Gasteiger charge is 2.17. The number of halogens is 2. The van der Waals surface area contributed by atoms with E-state index < -0.39 is 19.2 Å². The molecule has 0 saturated carbocycles. The number of benzene rings is 3. The van der Waals surface area contributed by atoms with E-state index in [4.69, 9.17) is 4.74 Å². The first kappa shape index (κ1) is 27.9. The van der Waals surface area contributed by atoms with Crippen LogP contribution in [0.25, 0.3) is 0 Å². The minimum absolute atomic E-state index is 0.0173. The fourth-order valence-electron chi connectivity index (χ4n) is 3.36. The Balaban J connectivity index is 1.67. The molecular formula is C25H24Br2NO7P. The molecule has 0 aliphatic rings. The molecule has 0 heterocycles. The van der Waals surface area contributed by atoms with Crippen LogP contribution in [-0.4, -0.2) is 42.2 Å². The van der Waals surface area contributed by atoms with Crippen LogP contribution < -0.4 is 10.1 Å². The van der Waals surface area contributed by atoms with E-state index in [1.165, 1.54) is 32.0 Å². The molecule has 1 atom stereocenters. The first-order valence-corrected chi connectivity index (χ1v) is 14.6. The van der Waals surface area contributed by atoms with Crippen LogP contribution in [-0.2, 0) is 21.9 Å². The van der Waals surface area contributed by atoms with E-state index in [0.29, 0.717) is 44.5 Å². The van der Waals surface area contributed by atoms with Crippen LogP contribution in [0.3, 0.4) is 0 Å². The van der Waals surface area contributed by atoms with Gasteiger partial charge in [0.05, 0.1) is 27.2 Å². The summed E-state index contributed by atoms with van der Waals surface area (Å²) in [6.45, 7) is 1.61. The Bertz CT molecular complexity index is 1300. The lowest BCUT2D eigenvalue weighted by molar-refractivity contribution is 0.0600. The highest BCUT2D eigenvalue weighted by atomic mass is 79.9. The Morgan fingerprint density at radius 1 is 1.00 bits per heavy atom. The summed E-state index contributed by atoms with van der Waals surface area (Å²) < 4.78 is 23.5. The molecule has 3 aromatic carbocycles. The molecule has 0 aromatic heterocycles. The molecule has 0 spiro atoms. The molecule has 8 nitrogen and oxygen atoms in total. The summed E-state index contributed by atoms with van der Waals surface area (Å²) in [6, 6.07) is 14.6. The molecular weight excluding hydrogens is 617 g/mol. The molecule has 1 unspecified atom stereocenters. The number of phenols is 1. The van der Waals surface area contributed by atoms with Gasteiger partial charge in [-0.3, -0.25) is 9.36 Å². The summed E-state index contributed by atoms with van der Waals surface area (Å²) in [5, 5.41) is 13.0. The third-order valence-corrected chi connectivity index (χ3v) is 7.17. The van der Waals surface area contributed by atoms with Crippen molar-refractivity contribution in [3.63, 3.8) is 0 Å². The average Bonchev–Trinajstić information content (AvgIpc) is 2.81. The average molecular weight is 641 g/mol. The first-order valence-electron chi connectivity index (χ1n) is 10.7. The number of hydrogen-bond donors (Lipinski definition) is 3. The van der Waals surface area contributed by atoms with Crippen LogP contribution in [0.15, 0.2) is 63.5 Å². The van der Waals surface area contributed by atoms with Gasteiger partial charge < -0.3 is 24.8 Å². The van der Waals surface area contributed by atoms with Crippen LogP contribution in [0.4, 0.5) is 0 Å². The van der Waals surface area contributed by atoms with Gasteiger partial charge in [0.2, 0.25) is 7.37 Å². The lowest BCUT2D eigenvalue weighted by Crippen LogP contribution is -2.25. The molecule has 190 valence electrons. The number of aromatic hydroxyl groups is 1. The molecule has 0 radical (unpaired) electrons. The summed E-state index contributed by atoms with van der Waals surface area (Å²) in [5.74, 6) is -0.361. The molecule has 0 fully saturated rings. The molecule has 1 amide bonds. The Labute approximate surface area is 225 Å². The molecule has 3 aromatic rings. The maximum Gasteiger partial charge on any atom is 0.337 e. The van der Waals surface area contributed by atoms with Crippen LogP contribution in [0.2, 0.25) is 0 Å². The van der Waals surface area contributed by atoms with Crippen molar-refractivity contribution in [2.75, 3.05) is 20.3 Å². The monoisotopic (exact) mass is 639 g/mol. The Morgan fingerprint density at radius 3 is 2.22 bits per heavy atom. The van der Waals surface area contributed by atoms with Gasteiger partial charge in [-0.2, -0.15) is 0 Å². The number of hydrogen-bond acceptors (Lipinski definition) is 6. The van der Waals surface area contributed by atoms with Crippen molar-refractivity contribution in [2.24, 2.45) is 0 Å². The topological polar surface area (TPSA) is 122 Å². The SMILES string of the molecule is COC(=O)c1ccc(CCNC(=O)c2cc(Oc3c(Br)cc(CP(C)(=O)O)cc3Br)ccc2O)cc1. The van der Waals surface area contributed by atoms with Gasteiger partial charge in [0.1, 0.15) is 11.5 Å². The van der Waals surface area contributed by atoms with Gasteiger partial charge in [0.25, 0.3) is 5.91 Å². The predicted octanol–water partition coefficient (Wildman–Crippen LogP) is 5.87. The number of nitrogens with one attached hydrogen (secondary N) is 1. The molecule has 0 aliphatic heterocycles. The number of rotatable bonds is 9. The smallest absolute Gasteiger partial charge is 0.337 e. The maximum atomic E-state index is 12.7. The van der Waals surface area contributed by atoms with E-state index in [0.717, 1.165) is 5.56 Å². The highest BCUT2D eigenvalue weighted by Crippen LogP contribution is 2.44. The minimum atomic E-state index is -3.24. The lowest BCUT2D eigenvalue weighted by atomic mass is 10.1. The van der Waals surface area contributed by atoms with Crippen LogP contribution in [0.5, 0.6) is 17.2 Å². The van der Waals surface area contributed by atoms with E-state index in [1.807, 2.05) is 0 Å². The molecule has 0 saturated heterocycles. The molecule has 3 rings (SSSR count). The van der Waals surface area contributed by atoms with Gasteiger partial charge in [0, 0.05) is 19.4 Å². The number of carbonyl (C=O) groups excluding carboxylic acids is 2. The van der Waals surface area contributed by atoms with Crippen molar-refractivity contribution < 1.29 is 33.6 Å². The number of ether oxygens (including phenoxy) is 2. The minimum Gasteiger partial charge on any atom is -0.507 e. The summed E-state index contributed by atoms with van der Waals surface area (Å²) in [7, 11) is -1.92. The standard InChI is InChI=1S/C25H24Br2NO7P/c1-34-25(31)17-5-3-15(4-6-17)9-10-28-24(30)19-13-18(7-8-22(19)29)35-23-20(26)11-16(12-21(23)27)14-36(2,32)33/h3-8,11-13,29H,9-10,14H2,1-2H3,(H,28,30)(H,32,33). The molecule has 0 bridgehead atoms. The number of amides is 1. The molecule has 3 N–H and O–H groups in total.